The number of H-pyrrole nitrogens is 1. The van der Waals surface area contributed by atoms with Crippen molar-refractivity contribution in [3.8, 4) is 0 Å². The molecule has 1 aromatic rings. The molecule has 0 unspecified atom stereocenters. The second-order valence-corrected chi connectivity index (χ2v) is 11.4. The lowest BCUT2D eigenvalue weighted by Crippen LogP contribution is -2.22. The van der Waals surface area contributed by atoms with E-state index >= 15 is 0 Å². The number of nitrogens with one attached hydrogen (secondary N) is 1. The largest absolute Gasteiger partial charge is 0.361 e. The van der Waals surface area contributed by atoms with Crippen molar-refractivity contribution in [1.82, 2.24) is 9.55 Å². The van der Waals surface area contributed by atoms with Crippen LogP contribution < -0.4 is 0 Å². The first kappa shape index (κ1) is 13.7. The molecule has 0 amide bonds. The van der Waals surface area contributed by atoms with Gasteiger partial charge in [-0.2, -0.15) is 0 Å². The fraction of sp³-hybridized carbons (Fsp3) is 0.727. The number of ether oxygens (including phenoxy) is 1. The van der Waals surface area contributed by atoms with E-state index in [1.54, 1.807) is 0 Å². The van der Waals surface area contributed by atoms with E-state index in [4.69, 9.17) is 17.0 Å². The van der Waals surface area contributed by atoms with Crippen molar-refractivity contribution >= 4 is 20.3 Å². The van der Waals surface area contributed by atoms with Gasteiger partial charge in [-0.25, -0.2) is 0 Å². The second-order valence-electron chi connectivity index (χ2n) is 5.42. The Balaban J connectivity index is 2.47. The minimum absolute atomic E-state index is 0.569. The quantitative estimate of drug-likeness (QED) is 0.498. The van der Waals surface area contributed by atoms with Crippen LogP contribution in [0.1, 0.15) is 11.4 Å². The smallest absolute Gasteiger partial charge is 0.179 e. The van der Waals surface area contributed by atoms with E-state index in [-0.39, 0.29) is 0 Å². The number of aromatic nitrogens is 2. The van der Waals surface area contributed by atoms with Crippen LogP contribution in [0, 0.1) is 18.6 Å². The Morgan fingerprint density at radius 2 is 1.94 bits per heavy atom. The number of rotatable bonds is 5. The molecule has 0 aliphatic heterocycles. The average Bonchev–Trinajstić information content (AvgIpc) is 2.36. The summed E-state index contributed by atoms with van der Waals surface area (Å²) in [4.78, 5) is 3.14. The van der Waals surface area contributed by atoms with Crippen LogP contribution in [0.5, 0.6) is 0 Å². The predicted molar refractivity (Wildman–Crippen MR) is 73.2 cm³/mol. The molecule has 0 atom stereocenters. The maximum absolute atomic E-state index is 5.68. The fourth-order valence-electron chi connectivity index (χ4n) is 1.36. The summed E-state index contributed by atoms with van der Waals surface area (Å²) in [6.45, 7) is 12.6. The van der Waals surface area contributed by atoms with Gasteiger partial charge in [0.15, 0.2) is 4.77 Å². The molecule has 1 aromatic heterocycles. The van der Waals surface area contributed by atoms with Gasteiger partial charge in [-0.3, -0.25) is 4.57 Å². The highest BCUT2D eigenvalue weighted by Gasteiger charge is 2.12. The Kier molecular flexibility index (Phi) is 4.52. The first-order chi connectivity index (χ1) is 7.31. The molecule has 0 aromatic carbocycles. The predicted octanol–water partition coefficient (Wildman–Crippen LogP) is 3.47. The Bertz CT molecular complexity index is 403. The molecule has 0 aliphatic rings. The summed E-state index contributed by atoms with van der Waals surface area (Å²) in [6.07, 6.45) is 0. The van der Waals surface area contributed by atoms with Gasteiger partial charge >= 0.3 is 0 Å². The van der Waals surface area contributed by atoms with Gasteiger partial charge in [0, 0.05) is 26.1 Å². The molecule has 0 saturated carbocycles. The molecular formula is C11H22N2OSSi. The molecule has 0 bridgehead atoms. The number of aromatic amines is 1. The Morgan fingerprint density at radius 1 is 1.31 bits per heavy atom. The SMILES string of the molecule is Cc1[nH]c(=S)n(COCC[Si](C)(C)C)c1C. The van der Waals surface area contributed by atoms with Crippen LogP contribution in [0.4, 0.5) is 0 Å². The zero-order chi connectivity index (χ0) is 12.3. The van der Waals surface area contributed by atoms with Gasteiger partial charge in [0.05, 0.1) is 0 Å². The zero-order valence-corrected chi connectivity index (χ0v) is 12.7. The Morgan fingerprint density at radius 3 is 2.38 bits per heavy atom. The molecule has 1 rings (SSSR count). The van der Waals surface area contributed by atoms with Gasteiger partial charge in [0.1, 0.15) is 6.73 Å². The van der Waals surface area contributed by atoms with E-state index in [1.807, 2.05) is 11.5 Å². The summed E-state index contributed by atoms with van der Waals surface area (Å²) >= 11 is 5.22. The molecule has 5 heteroatoms. The third-order valence-electron chi connectivity index (χ3n) is 2.70. The second kappa shape index (κ2) is 5.29. The minimum Gasteiger partial charge on any atom is -0.361 e. The summed E-state index contributed by atoms with van der Waals surface area (Å²) in [7, 11) is -0.985. The molecule has 0 saturated heterocycles. The van der Waals surface area contributed by atoms with Crippen LogP contribution in [-0.2, 0) is 11.5 Å². The van der Waals surface area contributed by atoms with Crippen molar-refractivity contribution < 1.29 is 4.74 Å². The first-order valence-electron chi connectivity index (χ1n) is 5.65. The molecule has 0 spiro atoms. The van der Waals surface area contributed by atoms with Gasteiger partial charge in [-0.05, 0) is 32.1 Å². The average molecular weight is 258 g/mol. The topological polar surface area (TPSA) is 29.9 Å². The first-order valence-corrected chi connectivity index (χ1v) is 9.76. The lowest BCUT2D eigenvalue weighted by atomic mass is 10.4. The summed E-state index contributed by atoms with van der Waals surface area (Å²) < 4.78 is 8.44. The Hall–Kier alpha value is -0.393. The number of imidazole rings is 1. The molecule has 1 N–H and O–H groups in total. The summed E-state index contributed by atoms with van der Waals surface area (Å²) in [5.41, 5.74) is 2.29. The highest BCUT2D eigenvalue weighted by Crippen LogP contribution is 2.10. The summed E-state index contributed by atoms with van der Waals surface area (Å²) in [5.74, 6) is 0. The van der Waals surface area contributed by atoms with E-state index in [9.17, 15) is 0 Å². The van der Waals surface area contributed by atoms with Crippen LogP contribution in [0.25, 0.3) is 0 Å². The summed E-state index contributed by atoms with van der Waals surface area (Å²) in [6, 6.07) is 1.20. The van der Waals surface area contributed by atoms with Gasteiger partial charge in [0.2, 0.25) is 0 Å². The van der Waals surface area contributed by atoms with E-state index in [0.29, 0.717) is 6.73 Å². The lowest BCUT2D eigenvalue weighted by Gasteiger charge is -2.15. The van der Waals surface area contributed by atoms with Crippen LogP contribution >= 0.6 is 12.2 Å². The van der Waals surface area contributed by atoms with Crippen LogP contribution in [0.2, 0.25) is 25.7 Å². The third-order valence-corrected chi connectivity index (χ3v) is 4.73. The maximum Gasteiger partial charge on any atom is 0.179 e. The molecule has 92 valence electrons. The van der Waals surface area contributed by atoms with Crippen molar-refractivity contribution in [2.75, 3.05) is 6.61 Å². The minimum atomic E-state index is -0.985. The van der Waals surface area contributed by atoms with Crippen molar-refractivity contribution in [3.63, 3.8) is 0 Å². The summed E-state index contributed by atoms with van der Waals surface area (Å²) in [5, 5.41) is 0. The molecule has 1 heterocycles. The highest BCUT2D eigenvalue weighted by atomic mass is 32.1. The lowest BCUT2D eigenvalue weighted by molar-refractivity contribution is 0.0849. The molecule has 3 nitrogen and oxygen atoms in total. The van der Waals surface area contributed by atoms with E-state index in [0.717, 1.165) is 22.8 Å². The number of aryl methyl sites for hydroxylation is 1. The molecular weight excluding hydrogens is 236 g/mol. The molecule has 0 radical (unpaired) electrons. The highest BCUT2D eigenvalue weighted by molar-refractivity contribution is 7.71. The molecule has 0 fully saturated rings. The van der Waals surface area contributed by atoms with Crippen molar-refractivity contribution in [2.45, 2.75) is 46.3 Å². The monoisotopic (exact) mass is 258 g/mol. The third kappa shape index (κ3) is 3.88. The van der Waals surface area contributed by atoms with Gasteiger partial charge in [-0.15, -0.1) is 0 Å². The standard InChI is InChI=1S/C11H22N2OSSi/c1-9-10(2)13(11(15)12-9)8-14-6-7-16(3,4)5/h6-8H2,1-5H3,(H,12,15). The van der Waals surface area contributed by atoms with E-state index in [1.165, 1.54) is 6.04 Å². The van der Waals surface area contributed by atoms with Gasteiger partial charge < -0.3 is 9.72 Å². The van der Waals surface area contributed by atoms with Crippen molar-refractivity contribution in [3.05, 3.63) is 16.2 Å². The van der Waals surface area contributed by atoms with Crippen molar-refractivity contribution in [2.24, 2.45) is 0 Å². The van der Waals surface area contributed by atoms with Crippen LogP contribution in [-0.4, -0.2) is 24.2 Å². The van der Waals surface area contributed by atoms with Gasteiger partial charge in [0.25, 0.3) is 0 Å². The maximum atomic E-state index is 5.68. The van der Waals surface area contributed by atoms with E-state index < -0.39 is 8.07 Å². The number of hydrogen-bond donors (Lipinski definition) is 1. The number of hydrogen-bond acceptors (Lipinski definition) is 2. The Labute approximate surface area is 104 Å². The molecule has 16 heavy (non-hydrogen) atoms. The van der Waals surface area contributed by atoms with E-state index in [2.05, 4.69) is 31.5 Å². The van der Waals surface area contributed by atoms with Crippen LogP contribution in [0.15, 0.2) is 0 Å². The molecule has 0 aliphatic carbocycles. The number of nitrogens with zero attached hydrogens (tertiary/aromatic N) is 1. The van der Waals surface area contributed by atoms with Gasteiger partial charge in [-0.1, -0.05) is 19.6 Å². The van der Waals surface area contributed by atoms with Crippen molar-refractivity contribution in [1.29, 1.82) is 0 Å². The fourth-order valence-corrected chi connectivity index (χ4v) is 2.46. The normalized spacial score (nSPS) is 12.1. The van der Waals surface area contributed by atoms with Crippen LogP contribution in [0.3, 0.4) is 0 Å². The zero-order valence-electron chi connectivity index (χ0n) is 10.9.